The van der Waals surface area contributed by atoms with E-state index in [1.807, 2.05) is 24.3 Å². The molecule has 0 bridgehead atoms. The molecule has 1 aromatic carbocycles. The first kappa shape index (κ1) is 15.5. The molecule has 0 fully saturated rings. The molecule has 0 spiro atoms. The predicted octanol–water partition coefficient (Wildman–Crippen LogP) is 3.28. The van der Waals surface area contributed by atoms with Crippen LogP contribution in [0.5, 0.6) is 0 Å². The first-order valence-electron chi connectivity index (χ1n) is 7.35. The Morgan fingerprint density at radius 1 is 0.870 bits per heavy atom. The van der Waals surface area contributed by atoms with Crippen LogP contribution in [-0.4, -0.2) is 34.6 Å². The van der Waals surface area contributed by atoms with Crippen LogP contribution in [0.2, 0.25) is 0 Å². The maximum Gasteiger partial charge on any atom is 0.171 e. The minimum atomic E-state index is -0.212. The van der Waals surface area contributed by atoms with Crippen molar-refractivity contribution < 1.29 is 9.59 Å². The van der Waals surface area contributed by atoms with Crippen molar-refractivity contribution in [3.63, 3.8) is 0 Å². The molecule has 0 saturated heterocycles. The quantitative estimate of drug-likeness (QED) is 0.773. The standard InChI is InChI=1S/C17H14BrNO2S2/c18-10-3-1-9(2-4-10)15-16-11(5-22-7-13(16)20)19-12-6-23-8-14(21)17(12)15/h1-4,15,19H,5-8H2. The van der Waals surface area contributed by atoms with E-state index >= 15 is 0 Å². The zero-order valence-corrected chi connectivity index (χ0v) is 15.4. The maximum absolute atomic E-state index is 12.6. The lowest BCUT2D eigenvalue weighted by molar-refractivity contribution is -0.114. The van der Waals surface area contributed by atoms with E-state index in [1.54, 1.807) is 23.5 Å². The molecule has 3 aliphatic rings. The van der Waals surface area contributed by atoms with Crippen LogP contribution in [0.15, 0.2) is 51.3 Å². The van der Waals surface area contributed by atoms with E-state index in [4.69, 9.17) is 0 Å². The summed E-state index contributed by atoms with van der Waals surface area (Å²) < 4.78 is 0.995. The van der Waals surface area contributed by atoms with Crippen LogP contribution >= 0.6 is 39.5 Å². The van der Waals surface area contributed by atoms with Gasteiger partial charge in [0.2, 0.25) is 0 Å². The summed E-state index contributed by atoms with van der Waals surface area (Å²) in [6, 6.07) is 7.97. The van der Waals surface area contributed by atoms with Crippen LogP contribution in [0, 0.1) is 0 Å². The Morgan fingerprint density at radius 3 is 1.91 bits per heavy atom. The lowest BCUT2D eigenvalue weighted by atomic mass is 9.77. The molecule has 0 amide bonds. The fourth-order valence-corrected chi connectivity index (χ4v) is 5.35. The molecule has 3 aliphatic heterocycles. The molecule has 3 heterocycles. The molecule has 0 radical (unpaired) electrons. The summed E-state index contributed by atoms with van der Waals surface area (Å²) in [6.45, 7) is 0. The second-order valence-electron chi connectivity index (χ2n) is 5.73. The average Bonchev–Trinajstić information content (AvgIpc) is 2.54. The number of carbonyl (C=O) groups excluding carboxylic acids is 2. The van der Waals surface area contributed by atoms with E-state index in [1.165, 1.54) is 0 Å². The number of Topliss-reactive ketones (excluding diaryl/α,β-unsaturated/α-hetero) is 2. The van der Waals surface area contributed by atoms with Crippen molar-refractivity contribution >= 4 is 51.0 Å². The Kier molecular flexibility index (Phi) is 4.15. The van der Waals surface area contributed by atoms with Crippen LogP contribution in [0.3, 0.4) is 0 Å². The molecule has 0 atom stereocenters. The van der Waals surface area contributed by atoms with Gasteiger partial charge in [0.1, 0.15) is 0 Å². The first-order chi connectivity index (χ1) is 11.1. The monoisotopic (exact) mass is 407 g/mol. The number of carbonyl (C=O) groups is 2. The van der Waals surface area contributed by atoms with E-state index in [2.05, 4.69) is 21.2 Å². The number of dihydropyridines is 1. The molecule has 0 aliphatic carbocycles. The molecule has 0 aromatic heterocycles. The van der Waals surface area contributed by atoms with E-state index in [-0.39, 0.29) is 17.5 Å². The van der Waals surface area contributed by atoms with Crippen molar-refractivity contribution in [2.75, 3.05) is 23.0 Å². The summed E-state index contributed by atoms with van der Waals surface area (Å²) in [5.74, 6) is 2.70. The molecular formula is C17H14BrNO2S2. The molecule has 0 unspecified atom stereocenters. The van der Waals surface area contributed by atoms with Gasteiger partial charge in [0, 0.05) is 44.4 Å². The van der Waals surface area contributed by atoms with E-state index in [9.17, 15) is 9.59 Å². The zero-order valence-electron chi connectivity index (χ0n) is 12.2. The van der Waals surface area contributed by atoms with Crippen LogP contribution in [-0.2, 0) is 9.59 Å². The van der Waals surface area contributed by atoms with Gasteiger partial charge in [0.05, 0.1) is 11.5 Å². The largest absolute Gasteiger partial charge is 0.360 e. The minimum absolute atomic E-state index is 0.147. The Morgan fingerprint density at radius 2 is 1.39 bits per heavy atom. The number of allylic oxidation sites excluding steroid dienone is 2. The molecular weight excluding hydrogens is 394 g/mol. The number of benzene rings is 1. The van der Waals surface area contributed by atoms with Crippen molar-refractivity contribution in [2.45, 2.75) is 5.92 Å². The molecule has 6 heteroatoms. The van der Waals surface area contributed by atoms with Gasteiger partial charge >= 0.3 is 0 Å². The summed E-state index contributed by atoms with van der Waals surface area (Å²) in [5, 5.41) is 3.40. The number of nitrogens with one attached hydrogen (secondary N) is 1. The SMILES string of the molecule is O=C1CSCC2=C1C(c1ccc(Br)cc1)C1=C(CSCC1=O)N2. The molecule has 1 aromatic rings. The second kappa shape index (κ2) is 6.15. The first-order valence-corrected chi connectivity index (χ1v) is 10.5. The lowest BCUT2D eigenvalue weighted by Gasteiger charge is -2.36. The minimum Gasteiger partial charge on any atom is -0.360 e. The summed E-state index contributed by atoms with van der Waals surface area (Å²) in [6.07, 6.45) is 0. The maximum atomic E-state index is 12.6. The Balaban J connectivity index is 1.90. The predicted molar refractivity (Wildman–Crippen MR) is 98.7 cm³/mol. The van der Waals surface area contributed by atoms with Crippen molar-refractivity contribution in [1.82, 2.24) is 5.32 Å². The molecule has 23 heavy (non-hydrogen) atoms. The molecule has 118 valence electrons. The molecule has 3 nitrogen and oxygen atoms in total. The van der Waals surface area contributed by atoms with Crippen LogP contribution in [0.25, 0.3) is 0 Å². The number of rotatable bonds is 1. The molecule has 0 saturated carbocycles. The lowest BCUT2D eigenvalue weighted by Crippen LogP contribution is -2.38. The number of halogens is 1. The van der Waals surface area contributed by atoms with Crippen molar-refractivity contribution in [1.29, 1.82) is 0 Å². The van der Waals surface area contributed by atoms with E-state index < -0.39 is 0 Å². The Hall–Kier alpha value is -0.980. The zero-order chi connectivity index (χ0) is 16.0. The number of hydrogen-bond donors (Lipinski definition) is 1. The average molecular weight is 408 g/mol. The smallest absolute Gasteiger partial charge is 0.171 e. The van der Waals surface area contributed by atoms with Crippen molar-refractivity contribution in [3.8, 4) is 0 Å². The number of thioether (sulfide) groups is 2. The highest BCUT2D eigenvalue weighted by Gasteiger charge is 2.40. The van der Waals surface area contributed by atoms with Crippen LogP contribution < -0.4 is 5.32 Å². The Labute approximate surface area is 151 Å². The van der Waals surface area contributed by atoms with E-state index in [0.29, 0.717) is 11.5 Å². The highest BCUT2D eigenvalue weighted by Crippen LogP contribution is 2.44. The van der Waals surface area contributed by atoms with Crippen LogP contribution in [0.4, 0.5) is 0 Å². The van der Waals surface area contributed by atoms with Crippen molar-refractivity contribution in [2.24, 2.45) is 0 Å². The summed E-state index contributed by atoms with van der Waals surface area (Å²) >= 11 is 6.73. The van der Waals surface area contributed by atoms with Gasteiger partial charge in [-0.25, -0.2) is 0 Å². The fraction of sp³-hybridized carbons (Fsp3) is 0.294. The van der Waals surface area contributed by atoms with Crippen molar-refractivity contribution in [3.05, 3.63) is 56.8 Å². The summed E-state index contributed by atoms with van der Waals surface area (Å²) in [7, 11) is 0. The van der Waals surface area contributed by atoms with Crippen LogP contribution in [0.1, 0.15) is 11.5 Å². The van der Waals surface area contributed by atoms with Gasteiger partial charge in [-0.3, -0.25) is 9.59 Å². The second-order valence-corrected chi connectivity index (χ2v) is 8.61. The van der Waals surface area contributed by atoms with Gasteiger partial charge in [0.25, 0.3) is 0 Å². The molecule has 4 rings (SSSR count). The fourth-order valence-electron chi connectivity index (χ4n) is 3.33. The topological polar surface area (TPSA) is 46.2 Å². The third kappa shape index (κ3) is 2.71. The highest BCUT2D eigenvalue weighted by molar-refractivity contribution is 9.10. The molecule has 1 N–H and O–H groups in total. The normalized spacial score (nSPS) is 22.0. The highest BCUT2D eigenvalue weighted by atomic mass is 79.9. The number of ketones is 2. The van der Waals surface area contributed by atoms with Gasteiger partial charge in [-0.1, -0.05) is 28.1 Å². The third-order valence-corrected chi connectivity index (χ3v) is 6.74. The van der Waals surface area contributed by atoms with E-state index in [0.717, 1.165) is 44.1 Å². The number of hydrogen-bond acceptors (Lipinski definition) is 5. The third-order valence-electron chi connectivity index (χ3n) is 4.29. The van der Waals surface area contributed by atoms with Gasteiger partial charge in [-0.05, 0) is 17.7 Å². The summed E-state index contributed by atoms with van der Waals surface area (Å²) in [5.41, 5.74) is 4.60. The van der Waals surface area contributed by atoms with Gasteiger partial charge in [0.15, 0.2) is 11.6 Å². The van der Waals surface area contributed by atoms with Gasteiger partial charge in [-0.15, -0.1) is 23.5 Å². The Bertz CT molecular complexity index is 725. The van der Waals surface area contributed by atoms with Gasteiger partial charge in [-0.2, -0.15) is 0 Å². The summed E-state index contributed by atoms with van der Waals surface area (Å²) in [4.78, 5) is 25.2. The van der Waals surface area contributed by atoms with Gasteiger partial charge < -0.3 is 5.32 Å².